The highest BCUT2D eigenvalue weighted by molar-refractivity contribution is 9.11. The van der Waals surface area contributed by atoms with E-state index in [9.17, 15) is 0 Å². The van der Waals surface area contributed by atoms with Crippen molar-refractivity contribution in [2.75, 3.05) is 13.1 Å². The van der Waals surface area contributed by atoms with Gasteiger partial charge in [0.2, 0.25) is 0 Å². The molecular weight excluding hydrogens is 298 g/mol. The van der Waals surface area contributed by atoms with Gasteiger partial charge in [-0.05, 0) is 35.3 Å². The first kappa shape index (κ1) is 13.4. The molecule has 15 heavy (non-hydrogen) atoms. The summed E-state index contributed by atoms with van der Waals surface area (Å²) >= 11 is 5.13. The summed E-state index contributed by atoms with van der Waals surface area (Å²) in [6, 6.07) is 0.354. The molecule has 0 aliphatic carbocycles. The van der Waals surface area contributed by atoms with Crippen molar-refractivity contribution in [3.63, 3.8) is 0 Å². The quantitative estimate of drug-likeness (QED) is 0.911. The maximum absolute atomic E-state index is 5.92. The van der Waals surface area contributed by atoms with Crippen molar-refractivity contribution in [1.29, 1.82) is 0 Å². The van der Waals surface area contributed by atoms with E-state index in [1.165, 1.54) is 11.4 Å². The first-order valence-electron chi connectivity index (χ1n) is 4.82. The van der Waals surface area contributed by atoms with Gasteiger partial charge in [-0.2, -0.15) is 0 Å². The van der Waals surface area contributed by atoms with Gasteiger partial charge in [0.15, 0.2) is 0 Å². The topological polar surface area (TPSA) is 42.1 Å². The Morgan fingerprint density at radius 1 is 1.67 bits per heavy atom. The van der Waals surface area contributed by atoms with Crippen LogP contribution in [0, 0.1) is 0 Å². The van der Waals surface area contributed by atoms with Gasteiger partial charge >= 0.3 is 0 Å². The zero-order chi connectivity index (χ0) is 9.97. The number of halogens is 2. The van der Waals surface area contributed by atoms with E-state index in [4.69, 9.17) is 5.73 Å². The summed E-state index contributed by atoms with van der Waals surface area (Å²) in [4.78, 5) is 6.71. The third kappa shape index (κ3) is 4.00. The molecule has 0 saturated carbocycles. The van der Waals surface area contributed by atoms with E-state index < -0.39 is 0 Å². The third-order valence-electron chi connectivity index (χ3n) is 2.43. The number of hydrogen-bond donors (Lipinski definition) is 1. The van der Waals surface area contributed by atoms with Crippen molar-refractivity contribution in [2.45, 2.75) is 25.4 Å². The monoisotopic (exact) mass is 311 g/mol. The predicted molar refractivity (Wildman–Crippen MR) is 69.5 cm³/mol. The number of piperidine rings is 1. The summed E-state index contributed by atoms with van der Waals surface area (Å²) in [6.45, 7) is 3.12. The smallest absolute Gasteiger partial charge is 0.108 e. The SMILES string of the molecule is Cl.N[C@@H]1CCCN(Cc2ncc(Br)s2)C1. The van der Waals surface area contributed by atoms with Gasteiger partial charge < -0.3 is 5.73 Å². The van der Waals surface area contributed by atoms with Crippen LogP contribution in [-0.4, -0.2) is 29.0 Å². The van der Waals surface area contributed by atoms with Gasteiger partial charge in [0.05, 0.1) is 16.5 Å². The Hall–Kier alpha value is 0.320. The highest BCUT2D eigenvalue weighted by Gasteiger charge is 2.17. The second kappa shape index (κ2) is 6.15. The highest BCUT2D eigenvalue weighted by Crippen LogP contribution is 2.21. The van der Waals surface area contributed by atoms with Crippen molar-refractivity contribution in [2.24, 2.45) is 5.73 Å². The van der Waals surface area contributed by atoms with Crippen LogP contribution in [0.25, 0.3) is 0 Å². The van der Waals surface area contributed by atoms with E-state index >= 15 is 0 Å². The minimum atomic E-state index is 0. The lowest BCUT2D eigenvalue weighted by molar-refractivity contribution is 0.201. The zero-order valence-electron chi connectivity index (χ0n) is 8.36. The standard InChI is InChI=1S/C9H14BrN3S.ClH/c10-8-4-12-9(14-8)6-13-3-1-2-7(11)5-13;/h4,7H,1-3,5-6,11H2;1H/t7-;/m1./s1. The van der Waals surface area contributed by atoms with E-state index in [2.05, 4.69) is 25.8 Å². The van der Waals surface area contributed by atoms with Crippen LogP contribution in [0.3, 0.4) is 0 Å². The Bertz CT molecular complexity index is 307. The number of thiazole rings is 1. The van der Waals surface area contributed by atoms with E-state index in [-0.39, 0.29) is 12.4 Å². The van der Waals surface area contributed by atoms with Crippen LogP contribution in [0.1, 0.15) is 17.8 Å². The van der Waals surface area contributed by atoms with Gasteiger partial charge in [-0.3, -0.25) is 4.90 Å². The predicted octanol–water partition coefficient (Wildman–Crippen LogP) is 2.25. The summed E-state index contributed by atoms with van der Waals surface area (Å²) in [5.41, 5.74) is 5.92. The van der Waals surface area contributed by atoms with Gasteiger partial charge in [0.1, 0.15) is 5.01 Å². The van der Waals surface area contributed by atoms with Crippen molar-refractivity contribution in [3.8, 4) is 0 Å². The fourth-order valence-electron chi connectivity index (χ4n) is 1.79. The molecule has 2 N–H and O–H groups in total. The first-order valence-corrected chi connectivity index (χ1v) is 6.43. The van der Waals surface area contributed by atoms with E-state index in [0.717, 1.165) is 29.8 Å². The zero-order valence-corrected chi connectivity index (χ0v) is 11.6. The number of hydrogen-bond acceptors (Lipinski definition) is 4. The van der Waals surface area contributed by atoms with Crippen molar-refractivity contribution in [1.82, 2.24) is 9.88 Å². The highest BCUT2D eigenvalue weighted by atomic mass is 79.9. The summed E-state index contributed by atoms with van der Waals surface area (Å²) in [7, 11) is 0. The molecule has 2 heterocycles. The molecule has 3 nitrogen and oxygen atoms in total. The van der Waals surface area contributed by atoms with Crippen LogP contribution in [0.5, 0.6) is 0 Å². The molecule has 1 aromatic heterocycles. The lowest BCUT2D eigenvalue weighted by atomic mass is 10.1. The number of rotatable bonds is 2. The van der Waals surface area contributed by atoms with Crippen molar-refractivity contribution in [3.05, 3.63) is 15.0 Å². The van der Waals surface area contributed by atoms with Crippen LogP contribution in [0.4, 0.5) is 0 Å². The number of aromatic nitrogens is 1. The maximum atomic E-state index is 5.92. The molecule has 1 aromatic rings. The average Bonchev–Trinajstić information content (AvgIpc) is 2.51. The molecule has 0 spiro atoms. The molecule has 0 aromatic carbocycles. The lowest BCUT2D eigenvalue weighted by Gasteiger charge is -2.29. The van der Waals surface area contributed by atoms with Crippen molar-refractivity contribution < 1.29 is 0 Å². The second-order valence-electron chi connectivity index (χ2n) is 3.70. The van der Waals surface area contributed by atoms with Crippen LogP contribution in [0.2, 0.25) is 0 Å². The molecule has 0 unspecified atom stereocenters. The molecule has 1 atom stereocenters. The Morgan fingerprint density at radius 2 is 2.47 bits per heavy atom. The molecule has 1 aliphatic heterocycles. The molecule has 0 bridgehead atoms. The minimum absolute atomic E-state index is 0. The first-order chi connectivity index (χ1) is 6.74. The van der Waals surface area contributed by atoms with Gasteiger partial charge in [-0.15, -0.1) is 23.7 Å². The van der Waals surface area contributed by atoms with Gasteiger partial charge in [0.25, 0.3) is 0 Å². The van der Waals surface area contributed by atoms with Crippen molar-refractivity contribution >= 4 is 39.7 Å². The third-order valence-corrected chi connectivity index (χ3v) is 3.89. The normalized spacial score (nSPS) is 22.4. The number of nitrogens with two attached hydrogens (primary N) is 1. The molecule has 0 amide bonds. The number of nitrogens with zero attached hydrogens (tertiary/aromatic N) is 2. The Kier molecular flexibility index (Phi) is 5.49. The molecule has 0 radical (unpaired) electrons. The maximum Gasteiger partial charge on any atom is 0.108 e. The number of likely N-dealkylation sites (tertiary alicyclic amines) is 1. The molecule has 2 rings (SSSR count). The Labute approximate surface area is 109 Å². The van der Waals surface area contributed by atoms with Gasteiger partial charge in [-0.25, -0.2) is 4.98 Å². The summed E-state index contributed by atoms with van der Waals surface area (Å²) in [5.74, 6) is 0. The molecule has 1 aliphatic rings. The van der Waals surface area contributed by atoms with Crippen LogP contribution in [0.15, 0.2) is 9.98 Å². The average molecular weight is 313 g/mol. The van der Waals surface area contributed by atoms with E-state index in [1.807, 2.05) is 6.20 Å². The van der Waals surface area contributed by atoms with Gasteiger partial charge in [0, 0.05) is 12.6 Å². The lowest BCUT2D eigenvalue weighted by Crippen LogP contribution is -2.42. The molecule has 1 fully saturated rings. The Balaban J connectivity index is 0.00000112. The van der Waals surface area contributed by atoms with Crippen LogP contribution < -0.4 is 5.73 Å². The Morgan fingerprint density at radius 3 is 3.07 bits per heavy atom. The van der Waals surface area contributed by atoms with E-state index in [1.54, 1.807) is 11.3 Å². The van der Waals surface area contributed by atoms with Crippen LogP contribution >= 0.6 is 39.7 Å². The fourth-order valence-corrected chi connectivity index (χ4v) is 3.13. The largest absolute Gasteiger partial charge is 0.327 e. The second-order valence-corrected chi connectivity index (χ2v) is 6.19. The molecular formula is C9H15BrClN3S. The van der Waals surface area contributed by atoms with Gasteiger partial charge in [-0.1, -0.05) is 0 Å². The molecule has 86 valence electrons. The summed E-state index contributed by atoms with van der Waals surface area (Å²) < 4.78 is 1.11. The molecule has 6 heteroatoms. The summed E-state index contributed by atoms with van der Waals surface area (Å²) in [5, 5.41) is 1.17. The van der Waals surface area contributed by atoms with Crippen LogP contribution in [-0.2, 0) is 6.54 Å². The minimum Gasteiger partial charge on any atom is -0.327 e. The molecule has 1 saturated heterocycles. The van der Waals surface area contributed by atoms with E-state index in [0.29, 0.717) is 6.04 Å². The summed E-state index contributed by atoms with van der Waals surface area (Å²) in [6.07, 6.45) is 4.25. The fraction of sp³-hybridized carbons (Fsp3) is 0.667.